The van der Waals surface area contributed by atoms with E-state index in [0.29, 0.717) is 0 Å². The number of nitrogens with zero attached hydrogens (tertiary/aromatic N) is 9. The first kappa shape index (κ1) is 96.7. The predicted molar refractivity (Wildman–Crippen MR) is 405 cm³/mol. The number of nitrogens with two attached hydrogens (primary N) is 19. The van der Waals surface area contributed by atoms with E-state index in [4.69, 9.17) is 119 Å². The maximum Gasteiger partial charge on any atom is 0.300 e. The minimum absolute atomic E-state index is 0.000737. The molecule has 9 unspecified atom stereocenters. The van der Waals surface area contributed by atoms with Gasteiger partial charge in [-0.25, -0.2) is 0 Å². The summed E-state index contributed by atoms with van der Waals surface area (Å²) < 4.78 is 0. The number of hydrogen-bond donors (Lipinski definition) is 29. The van der Waals surface area contributed by atoms with E-state index in [1.165, 1.54) is 6.92 Å². The summed E-state index contributed by atoms with van der Waals surface area (Å²) in [6, 6.07) is -13.0. The number of aliphatic carboxylic acids is 1. The second-order valence-corrected chi connectivity index (χ2v) is 23.7. The number of primary amides is 1. The van der Waals surface area contributed by atoms with Gasteiger partial charge in [-0.15, -0.1) is 0 Å². The fourth-order valence-electron chi connectivity index (χ4n) is 9.39. The van der Waals surface area contributed by atoms with E-state index in [9.17, 15) is 47.9 Å². The van der Waals surface area contributed by atoms with Crippen LogP contribution >= 0.6 is 0 Å². The van der Waals surface area contributed by atoms with Crippen molar-refractivity contribution in [2.45, 2.75) is 184 Å². The zero-order valence-electron chi connectivity index (χ0n) is 60.7. The lowest BCUT2D eigenvalue weighted by molar-refractivity contribution is -0.136. The fourth-order valence-corrected chi connectivity index (χ4v) is 9.39. The van der Waals surface area contributed by atoms with Crippen LogP contribution in [0.5, 0.6) is 0 Å². The van der Waals surface area contributed by atoms with Gasteiger partial charge in [0.15, 0.2) is 53.6 Å². The molecule has 0 bridgehead atoms. The second kappa shape index (κ2) is 56.1. The average Bonchev–Trinajstić information content (AvgIpc) is 0.852. The highest BCUT2D eigenvalue weighted by Crippen LogP contribution is 2.12. The van der Waals surface area contributed by atoms with Gasteiger partial charge in [-0.1, -0.05) is 0 Å². The summed E-state index contributed by atoms with van der Waals surface area (Å²) in [6.45, 7) is 2.11. The van der Waals surface area contributed by atoms with Gasteiger partial charge in [0, 0.05) is 72.8 Å². The molecular formula is C58H117N37O12. The van der Waals surface area contributed by atoms with E-state index >= 15 is 0 Å². The second-order valence-electron chi connectivity index (χ2n) is 23.7. The first-order valence-electron chi connectivity index (χ1n) is 33.9. The van der Waals surface area contributed by atoms with Crippen LogP contribution < -0.4 is 157 Å². The Morgan fingerprint density at radius 3 is 0.449 bits per heavy atom. The molecule has 107 heavy (non-hydrogen) atoms. The van der Waals surface area contributed by atoms with Gasteiger partial charge in [-0.05, 0) is 116 Å². The molecule has 0 saturated carbocycles. The molecule has 0 saturated heterocycles. The van der Waals surface area contributed by atoms with Gasteiger partial charge < -0.3 is 162 Å². The molecule has 0 aromatic rings. The number of carbonyl (C=O) groups excluding carboxylic acids is 10. The highest BCUT2D eigenvalue weighted by atomic mass is 16.4. The average molecular weight is 1520 g/mol. The van der Waals surface area contributed by atoms with E-state index in [2.05, 4.69) is 92.8 Å². The third kappa shape index (κ3) is 52.2. The molecule has 48 N–H and O–H groups in total. The van der Waals surface area contributed by atoms with Gasteiger partial charge >= 0.3 is 0 Å². The standard InChI is InChI=1S/C56H113N37O10.C2H4O2/c1-29(94)85-31(12-3-21-77-49(60)61)40(96)87-33(14-5-23-79-51(64)65)42(98)89-35(16-7-25-81-53(68)69)44(100)91-37(18-9-27-83-55(72)73)46(102)93-38(19-10-28-84-56(74)75)47(103)92-36(17-8-26-82-54(70)71)45(101)90-34(15-6-24-80-52(66)67)43(99)88-32(13-4-22-78-50(62)63)41(97)86-30(39(57)95)11-2-20-76-48(58)59;1-2(3)4/h30-38H,2-28H2,1H3,(H2,57,95)(H,85,94)(H,86,97)(H,87,96)(H,88,99)(H,89,98)(H,90,101)(H,91,100)(H,92,103)(H,93,102)(H4,58,59,76)(H4,60,61,77)(H4,62,63,78)(H4,64,65,79)(H4,66,67,80)(H4,68,69,81)(H4,70,71,82)(H4,72,73,83)(H4,74,75,84);1H3,(H,3,4). The number of rotatable bonds is 54. The van der Waals surface area contributed by atoms with Crippen molar-refractivity contribution in [2.75, 3.05) is 58.9 Å². The van der Waals surface area contributed by atoms with Gasteiger partial charge in [0.2, 0.25) is 59.1 Å². The van der Waals surface area contributed by atoms with E-state index in [1.807, 2.05) is 0 Å². The van der Waals surface area contributed by atoms with Crippen molar-refractivity contribution in [3.8, 4) is 0 Å². The van der Waals surface area contributed by atoms with Crippen molar-refractivity contribution in [1.29, 1.82) is 0 Å². The number of carbonyl (C=O) groups is 11. The van der Waals surface area contributed by atoms with Crippen molar-refractivity contribution in [3.05, 3.63) is 0 Å². The maximum absolute atomic E-state index is 14.9. The molecule has 0 radical (unpaired) electrons. The molecule has 606 valence electrons. The molecule has 0 fully saturated rings. The number of guanidine groups is 9. The smallest absolute Gasteiger partial charge is 0.300 e. The SMILES string of the molecule is CC(=O)NC(CCCN=C(N)N)C(=O)NC(CCCN=C(N)N)C(=O)NC(CCCN=C(N)N)C(=O)NC(CCCN=C(N)N)C(=O)NC(CCCN=C(N)N)C(=O)NC(CCCN=C(N)N)C(=O)NC(CCCN=C(N)N)C(=O)NC(CCCN=C(N)N)C(=O)NC(CCCN=C(N)N)C(N)=O.CC(=O)O. The molecule has 0 aliphatic heterocycles. The van der Waals surface area contributed by atoms with Crippen LogP contribution in [0.2, 0.25) is 0 Å². The minimum Gasteiger partial charge on any atom is -0.481 e. The molecule has 0 heterocycles. The van der Waals surface area contributed by atoms with Gasteiger partial charge in [0.05, 0.1) is 0 Å². The number of aliphatic imine (C=N–C) groups is 9. The Morgan fingerprint density at radius 2 is 0.336 bits per heavy atom. The topological polar surface area (TPSA) is 922 Å². The molecule has 0 aromatic carbocycles. The van der Waals surface area contributed by atoms with Crippen LogP contribution in [0.15, 0.2) is 44.9 Å². The van der Waals surface area contributed by atoms with Crippen LogP contribution in [0.25, 0.3) is 0 Å². The molecule has 9 atom stereocenters. The summed E-state index contributed by atoms with van der Waals surface area (Å²) in [5.74, 6) is -12.2. The van der Waals surface area contributed by atoms with E-state index < -0.39 is 119 Å². The number of nitrogens with one attached hydrogen (secondary N) is 9. The Hall–Kier alpha value is -12.4. The summed E-state index contributed by atoms with van der Waals surface area (Å²) in [5, 5.41) is 31.0. The van der Waals surface area contributed by atoms with Crippen molar-refractivity contribution in [3.63, 3.8) is 0 Å². The van der Waals surface area contributed by atoms with Crippen LogP contribution in [0.1, 0.15) is 129 Å². The third-order valence-electron chi connectivity index (χ3n) is 14.3. The van der Waals surface area contributed by atoms with Crippen LogP contribution in [-0.2, 0) is 52.7 Å². The van der Waals surface area contributed by atoms with Gasteiger partial charge in [0.25, 0.3) is 5.97 Å². The highest BCUT2D eigenvalue weighted by molar-refractivity contribution is 5.99. The first-order chi connectivity index (χ1) is 50.2. The van der Waals surface area contributed by atoms with Crippen LogP contribution in [0.3, 0.4) is 0 Å². The lowest BCUT2D eigenvalue weighted by Crippen LogP contribution is -2.60. The van der Waals surface area contributed by atoms with Gasteiger partial charge in [-0.2, -0.15) is 0 Å². The largest absolute Gasteiger partial charge is 0.481 e. The normalized spacial score (nSPS) is 12.9. The van der Waals surface area contributed by atoms with Gasteiger partial charge in [-0.3, -0.25) is 97.7 Å². The number of carboxylic acids is 1. The third-order valence-corrected chi connectivity index (χ3v) is 14.3. The zero-order chi connectivity index (χ0) is 81.6. The molecular weight excluding hydrogens is 1410 g/mol. The molecule has 0 aliphatic carbocycles. The first-order valence-corrected chi connectivity index (χ1v) is 33.9. The summed E-state index contributed by atoms with van der Waals surface area (Å²) in [5.41, 5.74) is 105. The number of hydrogen-bond acceptors (Lipinski definition) is 20. The summed E-state index contributed by atoms with van der Waals surface area (Å²) in [7, 11) is 0. The Kier molecular flexibility index (Phi) is 50.7. The summed E-state index contributed by atoms with van der Waals surface area (Å²) in [6.07, 6.45) is -0.531. The fraction of sp³-hybridized carbons (Fsp3) is 0.655. The highest BCUT2D eigenvalue weighted by Gasteiger charge is 2.35. The van der Waals surface area contributed by atoms with Crippen molar-refractivity contribution >= 4 is 119 Å². The molecule has 49 heteroatoms. The monoisotopic (exact) mass is 1520 g/mol. The van der Waals surface area contributed by atoms with E-state index in [0.717, 1.165) is 6.92 Å². The van der Waals surface area contributed by atoms with Crippen LogP contribution in [-0.4, -0.2) is 237 Å². The maximum atomic E-state index is 14.9. The lowest BCUT2D eigenvalue weighted by atomic mass is 10.0. The molecule has 49 nitrogen and oxygen atoms in total. The zero-order valence-corrected chi connectivity index (χ0v) is 60.7. The van der Waals surface area contributed by atoms with Gasteiger partial charge in [0.1, 0.15) is 54.4 Å². The van der Waals surface area contributed by atoms with Crippen molar-refractivity contribution in [1.82, 2.24) is 47.9 Å². The van der Waals surface area contributed by atoms with Crippen molar-refractivity contribution in [2.24, 2.45) is 154 Å². The molecule has 0 spiro atoms. The minimum atomic E-state index is -1.58. The lowest BCUT2D eigenvalue weighted by Gasteiger charge is -2.28. The number of amides is 10. The van der Waals surface area contributed by atoms with Crippen molar-refractivity contribution < 1.29 is 57.8 Å². The molecule has 10 amide bonds. The summed E-state index contributed by atoms with van der Waals surface area (Å²) in [4.78, 5) is 185. The Balaban J connectivity index is 0. The Bertz CT molecular complexity index is 3080. The molecule has 0 aliphatic rings. The van der Waals surface area contributed by atoms with Crippen LogP contribution in [0.4, 0.5) is 0 Å². The van der Waals surface area contributed by atoms with E-state index in [-0.39, 0.29) is 228 Å². The summed E-state index contributed by atoms with van der Waals surface area (Å²) >= 11 is 0. The molecule has 0 rings (SSSR count). The van der Waals surface area contributed by atoms with Crippen LogP contribution in [0, 0.1) is 0 Å². The number of carboxylic acid groups (broad SMARTS) is 1. The quantitative estimate of drug-likeness (QED) is 0.0153. The predicted octanol–water partition coefficient (Wildman–Crippen LogP) is -13.6. The molecule has 0 aromatic heterocycles. The van der Waals surface area contributed by atoms with E-state index in [1.54, 1.807) is 0 Å². The Morgan fingerprint density at radius 1 is 0.224 bits per heavy atom. The Labute approximate surface area is 619 Å².